The van der Waals surface area contributed by atoms with Gasteiger partial charge in [-0.1, -0.05) is 12.1 Å². The van der Waals surface area contributed by atoms with Crippen LogP contribution in [0.1, 0.15) is 22.5 Å². The van der Waals surface area contributed by atoms with Crippen molar-refractivity contribution in [2.75, 3.05) is 20.6 Å². The van der Waals surface area contributed by atoms with Gasteiger partial charge in [-0.25, -0.2) is 17.1 Å². The number of nitrogens with zero attached hydrogens (tertiary/aromatic N) is 3. The molecule has 0 fully saturated rings. The van der Waals surface area contributed by atoms with Crippen molar-refractivity contribution in [3.63, 3.8) is 0 Å². The van der Waals surface area contributed by atoms with Gasteiger partial charge in [0.15, 0.2) is 0 Å². The van der Waals surface area contributed by atoms with Crippen molar-refractivity contribution >= 4 is 22.4 Å². The summed E-state index contributed by atoms with van der Waals surface area (Å²) in [6, 6.07) is 6.70. The van der Waals surface area contributed by atoms with Gasteiger partial charge < -0.3 is 5.73 Å². The van der Waals surface area contributed by atoms with E-state index in [1.165, 1.54) is 24.5 Å². The van der Waals surface area contributed by atoms with Crippen LogP contribution in [0, 0.1) is 13.8 Å². The van der Waals surface area contributed by atoms with Crippen LogP contribution >= 0.6 is 12.4 Å². The van der Waals surface area contributed by atoms with Gasteiger partial charge in [-0.15, -0.1) is 12.4 Å². The normalized spacial score (nSPS) is 12.3. The second-order valence-corrected chi connectivity index (χ2v) is 8.45. The van der Waals surface area contributed by atoms with Crippen molar-refractivity contribution in [1.82, 2.24) is 14.1 Å². The Morgan fingerprint density at radius 1 is 1.26 bits per heavy atom. The maximum atomic E-state index is 13.8. The van der Waals surface area contributed by atoms with Gasteiger partial charge in [0.1, 0.15) is 5.83 Å². The summed E-state index contributed by atoms with van der Waals surface area (Å²) in [6.07, 6.45) is 1.54. The summed E-state index contributed by atoms with van der Waals surface area (Å²) >= 11 is 0. The molecule has 9 heteroatoms. The third-order valence-electron chi connectivity index (χ3n) is 4.25. The van der Waals surface area contributed by atoms with Gasteiger partial charge in [-0.2, -0.15) is 5.10 Å². The summed E-state index contributed by atoms with van der Waals surface area (Å²) in [5.41, 5.74) is 8.76. The number of rotatable bonds is 7. The molecule has 1 aromatic carbocycles. The van der Waals surface area contributed by atoms with Crippen LogP contribution in [0.5, 0.6) is 0 Å². The maximum absolute atomic E-state index is 13.8. The van der Waals surface area contributed by atoms with Crippen LogP contribution in [0.25, 0.3) is 0 Å². The zero-order chi connectivity index (χ0) is 19.5. The van der Waals surface area contributed by atoms with E-state index >= 15 is 0 Å². The molecule has 0 aliphatic rings. The fourth-order valence-corrected chi connectivity index (χ4v) is 3.56. The molecule has 2 rings (SSSR count). The molecule has 2 aromatic rings. The predicted octanol–water partition coefficient (Wildman–Crippen LogP) is 2.57. The molecule has 0 amide bonds. The number of aromatic nitrogens is 2. The number of allylic oxidation sites excluding steroid dienone is 1. The number of sulfonamides is 1. The minimum atomic E-state index is -3.44. The van der Waals surface area contributed by atoms with E-state index in [1.54, 1.807) is 28.9 Å². The van der Waals surface area contributed by atoms with Gasteiger partial charge in [0.05, 0.1) is 17.1 Å². The van der Waals surface area contributed by atoms with Crippen LogP contribution in [-0.2, 0) is 23.0 Å². The van der Waals surface area contributed by atoms with Crippen molar-refractivity contribution in [2.24, 2.45) is 5.73 Å². The Morgan fingerprint density at radius 2 is 1.85 bits per heavy atom. The van der Waals surface area contributed by atoms with Gasteiger partial charge in [0, 0.05) is 38.3 Å². The third kappa shape index (κ3) is 5.38. The molecule has 27 heavy (non-hydrogen) atoms. The summed E-state index contributed by atoms with van der Waals surface area (Å²) in [7, 11) is -0.446. The number of benzene rings is 1. The molecular weight excluding hydrogens is 391 g/mol. The quantitative estimate of drug-likeness (QED) is 0.752. The van der Waals surface area contributed by atoms with E-state index in [2.05, 4.69) is 5.10 Å². The molecule has 0 aliphatic carbocycles. The first-order chi connectivity index (χ1) is 12.2. The summed E-state index contributed by atoms with van der Waals surface area (Å²) in [4.78, 5) is 0.245. The van der Waals surface area contributed by atoms with Gasteiger partial charge in [0.25, 0.3) is 0 Å². The second-order valence-electron chi connectivity index (χ2n) is 6.30. The van der Waals surface area contributed by atoms with Gasteiger partial charge in [-0.3, -0.25) is 4.68 Å². The Morgan fingerprint density at radius 3 is 2.37 bits per heavy atom. The molecule has 0 saturated heterocycles. The highest BCUT2D eigenvalue weighted by Gasteiger charge is 2.17. The molecule has 0 aliphatic heterocycles. The van der Waals surface area contributed by atoms with E-state index < -0.39 is 10.0 Å². The molecule has 6 nitrogen and oxygen atoms in total. The SMILES string of the molecule is Cc1nn(Cc2ccc(S(=O)(=O)N(C)C)cc2)c(C)c1C/C(F)=C/CN.Cl. The third-order valence-corrected chi connectivity index (χ3v) is 6.08. The Hall–Kier alpha value is -1.74. The smallest absolute Gasteiger partial charge is 0.242 e. The highest BCUT2D eigenvalue weighted by molar-refractivity contribution is 7.89. The topological polar surface area (TPSA) is 81.2 Å². The standard InChI is InChI=1S/C18H25FN4O2S.ClH/c1-13-18(11-16(19)9-10-20)14(2)23(21-13)12-15-5-7-17(8-6-15)26(24,25)22(3)4;/h5-9H,10-12,20H2,1-4H3;1H/b16-9-;. The van der Waals surface area contributed by atoms with E-state index in [0.717, 1.165) is 22.5 Å². The molecule has 150 valence electrons. The minimum absolute atomic E-state index is 0. The van der Waals surface area contributed by atoms with Crippen molar-refractivity contribution in [1.29, 1.82) is 0 Å². The van der Waals surface area contributed by atoms with E-state index in [0.29, 0.717) is 6.54 Å². The highest BCUT2D eigenvalue weighted by atomic mass is 35.5. The molecule has 2 N–H and O–H groups in total. The van der Waals surface area contributed by atoms with Gasteiger partial charge >= 0.3 is 0 Å². The number of aryl methyl sites for hydroxylation is 1. The first-order valence-electron chi connectivity index (χ1n) is 8.25. The summed E-state index contributed by atoms with van der Waals surface area (Å²) in [6.45, 7) is 4.40. The molecule has 0 unspecified atom stereocenters. The Labute approximate surface area is 166 Å². The Bertz CT molecular complexity index is 906. The molecule has 1 heterocycles. The monoisotopic (exact) mass is 416 g/mol. The largest absolute Gasteiger partial charge is 0.327 e. The fourth-order valence-electron chi connectivity index (χ4n) is 2.66. The summed E-state index contributed by atoms with van der Waals surface area (Å²) in [5.74, 6) is -0.267. The lowest BCUT2D eigenvalue weighted by Gasteiger charge is -2.12. The lowest BCUT2D eigenvalue weighted by molar-refractivity contribution is 0.520. The molecule has 0 spiro atoms. The average Bonchev–Trinajstić information content (AvgIpc) is 2.83. The van der Waals surface area contributed by atoms with Crippen molar-refractivity contribution in [2.45, 2.75) is 31.7 Å². The lowest BCUT2D eigenvalue weighted by Crippen LogP contribution is -2.22. The first kappa shape index (κ1) is 23.3. The van der Waals surface area contributed by atoms with Gasteiger partial charge in [-0.05, 0) is 37.6 Å². The van der Waals surface area contributed by atoms with Crippen LogP contribution in [-0.4, -0.2) is 43.1 Å². The van der Waals surface area contributed by atoms with Crippen LogP contribution in [0.2, 0.25) is 0 Å². The van der Waals surface area contributed by atoms with Crippen LogP contribution in [0.4, 0.5) is 4.39 Å². The van der Waals surface area contributed by atoms with Crippen LogP contribution in [0.15, 0.2) is 41.1 Å². The zero-order valence-corrected chi connectivity index (χ0v) is 17.6. The van der Waals surface area contributed by atoms with Crippen LogP contribution in [0.3, 0.4) is 0 Å². The maximum Gasteiger partial charge on any atom is 0.242 e. The number of hydrogen-bond acceptors (Lipinski definition) is 4. The van der Waals surface area contributed by atoms with E-state index in [-0.39, 0.29) is 36.1 Å². The molecular formula is C18H26ClFN4O2S. The Kier molecular flexibility index (Phi) is 8.16. The highest BCUT2D eigenvalue weighted by Crippen LogP contribution is 2.20. The fraction of sp³-hybridized carbons (Fsp3) is 0.389. The molecule has 0 radical (unpaired) electrons. The van der Waals surface area contributed by atoms with E-state index in [9.17, 15) is 12.8 Å². The molecule has 0 saturated carbocycles. The van der Waals surface area contributed by atoms with Crippen molar-refractivity contribution < 1.29 is 12.8 Å². The predicted molar refractivity (Wildman–Crippen MR) is 107 cm³/mol. The Balaban J connectivity index is 0.00000364. The second kappa shape index (κ2) is 9.45. The van der Waals surface area contributed by atoms with E-state index in [4.69, 9.17) is 5.73 Å². The average molecular weight is 417 g/mol. The van der Waals surface area contributed by atoms with Crippen molar-refractivity contribution in [3.8, 4) is 0 Å². The van der Waals surface area contributed by atoms with E-state index in [1.807, 2.05) is 13.8 Å². The lowest BCUT2D eigenvalue weighted by atomic mass is 10.1. The molecule has 0 atom stereocenters. The van der Waals surface area contributed by atoms with Crippen LogP contribution < -0.4 is 5.73 Å². The summed E-state index contributed by atoms with van der Waals surface area (Å²) in [5, 5.41) is 4.48. The molecule has 1 aromatic heterocycles. The zero-order valence-electron chi connectivity index (χ0n) is 15.9. The number of hydrogen-bond donors (Lipinski definition) is 1. The summed E-state index contributed by atoms with van der Waals surface area (Å²) < 4.78 is 41.0. The van der Waals surface area contributed by atoms with Crippen molar-refractivity contribution in [3.05, 3.63) is 58.7 Å². The number of halogens is 2. The van der Waals surface area contributed by atoms with Gasteiger partial charge in [0.2, 0.25) is 10.0 Å². The first-order valence-corrected chi connectivity index (χ1v) is 9.69. The minimum Gasteiger partial charge on any atom is -0.327 e. The number of nitrogens with two attached hydrogens (primary N) is 1. The molecule has 0 bridgehead atoms.